The van der Waals surface area contributed by atoms with Gasteiger partial charge < -0.3 is 15.6 Å². The molecule has 0 aliphatic carbocycles. The number of rotatable bonds is 6. The Hall–Kier alpha value is -1.96. The molecule has 8 nitrogen and oxygen atoms in total. The molecule has 2 amide bonds. The molecule has 116 valence electrons. The van der Waals surface area contributed by atoms with E-state index in [1.54, 1.807) is 0 Å². The van der Waals surface area contributed by atoms with Crippen molar-refractivity contribution in [2.75, 3.05) is 13.1 Å². The monoisotopic (exact) mass is 295 g/mol. The first kappa shape index (κ1) is 15.4. The smallest absolute Gasteiger partial charge is 0.290 e. The van der Waals surface area contributed by atoms with Crippen LogP contribution in [0.15, 0.2) is 4.52 Å². The highest BCUT2D eigenvalue weighted by Crippen LogP contribution is 2.23. The lowest BCUT2D eigenvalue weighted by atomic mass is 9.98. The van der Waals surface area contributed by atoms with Crippen LogP contribution in [0.1, 0.15) is 43.2 Å². The number of likely N-dealkylation sites (tertiary alicyclic amines) is 1. The third kappa shape index (κ3) is 4.01. The van der Waals surface area contributed by atoms with E-state index in [-0.39, 0.29) is 17.8 Å². The van der Waals surface area contributed by atoms with Gasteiger partial charge in [-0.2, -0.15) is 4.98 Å². The minimum Gasteiger partial charge on any atom is -0.363 e. The zero-order valence-corrected chi connectivity index (χ0v) is 12.3. The minimum absolute atomic E-state index is 0.0169. The maximum Gasteiger partial charge on any atom is 0.290 e. The summed E-state index contributed by atoms with van der Waals surface area (Å²) in [4.78, 5) is 28.3. The van der Waals surface area contributed by atoms with Gasteiger partial charge in [0.15, 0.2) is 0 Å². The average molecular weight is 295 g/mol. The minimum atomic E-state index is -0.702. The zero-order valence-electron chi connectivity index (χ0n) is 12.3. The highest BCUT2D eigenvalue weighted by atomic mass is 16.5. The van der Waals surface area contributed by atoms with Crippen LogP contribution >= 0.6 is 0 Å². The standard InChI is InChI=1S/C13H21N5O3/c1-3-4-9-5-18(6-10(9)15-8(2)19)7-11-16-13(12(14)20)17-21-11/h9-10H,3-7H2,1-2H3,(H2,14,20)(H,15,19)/t9-,10-/m1/s1. The summed E-state index contributed by atoms with van der Waals surface area (Å²) >= 11 is 0. The largest absolute Gasteiger partial charge is 0.363 e. The average Bonchev–Trinajstić information content (AvgIpc) is 2.98. The Morgan fingerprint density at radius 2 is 2.24 bits per heavy atom. The molecule has 2 heterocycles. The molecule has 8 heteroatoms. The molecule has 0 unspecified atom stereocenters. The molecule has 2 atom stereocenters. The maximum absolute atomic E-state index is 11.3. The molecule has 1 aliphatic rings. The summed E-state index contributed by atoms with van der Waals surface area (Å²) in [6, 6.07) is 0.140. The second-order valence-electron chi connectivity index (χ2n) is 5.43. The fraction of sp³-hybridized carbons (Fsp3) is 0.692. The summed E-state index contributed by atoms with van der Waals surface area (Å²) in [6.07, 6.45) is 2.12. The molecular formula is C13H21N5O3. The van der Waals surface area contributed by atoms with Crippen molar-refractivity contribution in [3.05, 3.63) is 11.7 Å². The van der Waals surface area contributed by atoms with Crippen molar-refractivity contribution in [1.82, 2.24) is 20.4 Å². The summed E-state index contributed by atoms with van der Waals surface area (Å²) in [5.41, 5.74) is 5.09. The van der Waals surface area contributed by atoms with Crippen LogP contribution in [0, 0.1) is 5.92 Å². The molecule has 0 radical (unpaired) electrons. The number of nitrogens with two attached hydrogens (primary N) is 1. The lowest BCUT2D eigenvalue weighted by Gasteiger charge is -2.18. The van der Waals surface area contributed by atoms with Gasteiger partial charge in [-0.3, -0.25) is 14.5 Å². The second kappa shape index (κ2) is 6.66. The fourth-order valence-electron chi connectivity index (χ4n) is 2.79. The van der Waals surface area contributed by atoms with Gasteiger partial charge in [-0.25, -0.2) is 0 Å². The summed E-state index contributed by atoms with van der Waals surface area (Å²) in [5.74, 6) is -0.0455. The number of carbonyl (C=O) groups is 2. The summed E-state index contributed by atoms with van der Waals surface area (Å²) in [6.45, 7) is 5.70. The normalized spacial score (nSPS) is 22.4. The molecule has 1 fully saturated rings. The summed E-state index contributed by atoms with van der Waals surface area (Å²) < 4.78 is 5.01. The number of nitrogens with one attached hydrogen (secondary N) is 1. The van der Waals surface area contributed by atoms with E-state index >= 15 is 0 Å². The topological polar surface area (TPSA) is 114 Å². The Balaban J connectivity index is 1.97. The van der Waals surface area contributed by atoms with E-state index in [2.05, 4.69) is 27.3 Å². The number of aromatic nitrogens is 2. The molecule has 0 bridgehead atoms. The van der Waals surface area contributed by atoms with Gasteiger partial charge >= 0.3 is 0 Å². The third-order valence-corrected chi connectivity index (χ3v) is 3.61. The van der Waals surface area contributed by atoms with Crippen molar-refractivity contribution in [1.29, 1.82) is 0 Å². The van der Waals surface area contributed by atoms with Crippen molar-refractivity contribution in [3.63, 3.8) is 0 Å². The van der Waals surface area contributed by atoms with E-state index in [0.717, 1.165) is 25.9 Å². The number of hydrogen-bond acceptors (Lipinski definition) is 6. The fourth-order valence-corrected chi connectivity index (χ4v) is 2.79. The molecule has 3 N–H and O–H groups in total. The zero-order chi connectivity index (χ0) is 15.4. The van der Waals surface area contributed by atoms with E-state index in [9.17, 15) is 9.59 Å². The first-order valence-electron chi connectivity index (χ1n) is 7.11. The van der Waals surface area contributed by atoms with Gasteiger partial charge in [-0.1, -0.05) is 18.5 Å². The first-order chi connectivity index (χ1) is 9.99. The molecule has 1 aliphatic heterocycles. The number of hydrogen-bond donors (Lipinski definition) is 2. The Labute approximate surface area is 123 Å². The number of amides is 2. The SMILES string of the molecule is CCC[C@@H]1CN(Cc2nc(C(N)=O)no2)C[C@H]1NC(C)=O. The van der Waals surface area contributed by atoms with E-state index in [0.29, 0.717) is 18.4 Å². The van der Waals surface area contributed by atoms with Gasteiger partial charge in [0, 0.05) is 26.1 Å². The maximum atomic E-state index is 11.3. The van der Waals surface area contributed by atoms with E-state index < -0.39 is 5.91 Å². The van der Waals surface area contributed by atoms with E-state index in [4.69, 9.17) is 10.3 Å². The van der Waals surface area contributed by atoms with Crippen LogP contribution in [0.5, 0.6) is 0 Å². The van der Waals surface area contributed by atoms with Gasteiger partial charge in [0.2, 0.25) is 11.8 Å². The van der Waals surface area contributed by atoms with Gasteiger partial charge in [0.1, 0.15) is 0 Å². The molecule has 1 aromatic heterocycles. The van der Waals surface area contributed by atoms with Gasteiger partial charge in [0.25, 0.3) is 11.7 Å². The van der Waals surface area contributed by atoms with Gasteiger partial charge in [0.05, 0.1) is 6.54 Å². The van der Waals surface area contributed by atoms with Gasteiger partial charge in [-0.05, 0) is 12.3 Å². The van der Waals surface area contributed by atoms with Crippen molar-refractivity contribution in [3.8, 4) is 0 Å². The lowest BCUT2D eigenvalue weighted by molar-refractivity contribution is -0.119. The number of primary amides is 1. The predicted molar refractivity (Wildman–Crippen MR) is 74.1 cm³/mol. The molecule has 2 rings (SSSR count). The lowest BCUT2D eigenvalue weighted by Crippen LogP contribution is -2.39. The first-order valence-corrected chi connectivity index (χ1v) is 7.11. The molecular weight excluding hydrogens is 274 g/mol. The van der Waals surface area contributed by atoms with Crippen molar-refractivity contribution < 1.29 is 14.1 Å². The highest BCUT2D eigenvalue weighted by Gasteiger charge is 2.33. The van der Waals surface area contributed by atoms with E-state index in [1.807, 2.05) is 0 Å². The Kier molecular flexibility index (Phi) is 4.89. The molecule has 0 saturated carbocycles. The van der Waals surface area contributed by atoms with Crippen LogP contribution in [0.3, 0.4) is 0 Å². The van der Waals surface area contributed by atoms with Crippen molar-refractivity contribution in [2.24, 2.45) is 11.7 Å². The molecule has 21 heavy (non-hydrogen) atoms. The van der Waals surface area contributed by atoms with Crippen molar-refractivity contribution >= 4 is 11.8 Å². The van der Waals surface area contributed by atoms with Crippen LogP contribution in [-0.2, 0) is 11.3 Å². The molecule has 1 aromatic rings. The van der Waals surface area contributed by atoms with E-state index in [1.165, 1.54) is 6.92 Å². The number of carbonyl (C=O) groups excluding carboxylic acids is 2. The summed E-state index contributed by atoms with van der Waals surface area (Å²) in [7, 11) is 0. The molecule has 0 aromatic carbocycles. The second-order valence-corrected chi connectivity index (χ2v) is 5.43. The van der Waals surface area contributed by atoms with Gasteiger partial charge in [-0.15, -0.1) is 0 Å². The van der Waals surface area contributed by atoms with Crippen LogP contribution in [-0.4, -0.2) is 46.0 Å². The van der Waals surface area contributed by atoms with Crippen LogP contribution in [0.2, 0.25) is 0 Å². The van der Waals surface area contributed by atoms with Crippen LogP contribution in [0.4, 0.5) is 0 Å². The van der Waals surface area contributed by atoms with Crippen LogP contribution in [0.25, 0.3) is 0 Å². The number of nitrogens with zero attached hydrogens (tertiary/aromatic N) is 3. The third-order valence-electron chi connectivity index (χ3n) is 3.61. The Morgan fingerprint density at radius 3 is 2.81 bits per heavy atom. The predicted octanol–water partition coefficient (Wildman–Crippen LogP) is -0.0949. The molecule has 1 saturated heterocycles. The van der Waals surface area contributed by atoms with Crippen molar-refractivity contribution in [2.45, 2.75) is 39.3 Å². The van der Waals surface area contributed by atoms with Crippen LogP contribution < -0.4 is 11.1 Å². The highest BCUT2D eigenvalue weighted by molar-refractivity contribution is 5.88. The Bertz CT molecular complexity index is 516. The molecule has 0 spiro atoms. The summed E-state index contributed by atoms with van der Waals surface area (Å²) in [5, 5.41) is 6.52. The Morgan fingerprint density at radius 1 is 1.48 bits per heavy atom. The quantitative estimate of drug-likeness (QED) is 0.757.